The summed E-state index contributed by atoms with van der Waals surface area (Å²) in [5.41, 5.74) is 2.54. The lowest BCUT2D eigenvalue weighted by Crippen LogP contribution is -2.15. The predicted octanol–water partition coefficient (Wildman–Crippen LogP) is 2.42. The molecule has 0 saturated carbocycles. The first-order chi connectivity index (χ1) is 6.04. The van der Waals surface area contributed by atoms with Crippen LogP contribution in [0, 0.1) is 3.57 Å². The monoisotopic (exact) mass is 290 g/mol. The number of hydrogen-bond donors (Lipinski definition) is 0. The largest absolute Gasteiger partial charge is 0.377 e. The predicted molar refractivity (Wildman–Crippen MR) is 67.8 cm³/mol. The van der Waals surface area contributed by atoms with Crippen LogP contribution in [-0.4, -0.2) is 28.2 Å². The van der Waals surface area contributed by atoms with Gasteiger partial charge in [-0.05, 0) is 34.7 Å². The van der Waals surface area contributed by atoms with Gasteiger partial charge in [-0.3, -0.25) is 0 Å². The van der Waals surface area contributed by atoms with Gasteiger partial charge < -0.3 is 9.80 Å². The van der Waals surface area contributed by atoms with Gasteiger partial charge in [-0.2, -0.15) is 0 Å². The summed E-state index contributed by atoms with van der Waals surface area (Å²) in [5, 5.41) is 0. The summed E-state index contributed by atoms with van der Waals surface area (Å²) in [4.78, 5) is 4.27. The molecular weight excluding hydrogens is 275 g/mol. The SMILES string of the molecule is CN(C)c1cccc(N(C)C)c1I. The third kappa shape index (κ3) is 2.27. The zero-order valence-corrected chi connectivity index (χ0v) is 10.7. The minimum Gasteiger partial charge on any atom is -0.377 e. The van der Waals surface area contributed by atoms with Crippen molar-refractivity contribution in [3.63, 3.8) is 0 Å². The van der Waals surface area contributed by atoms with E-state index < -0.39 is 0 Å². The van der Waals surface area contributed by atoms with Crippen molar-refractivity contribution in [1.29, 1.82) is 0 Å². The van der Waals surface area contributed by atoms with Crippen molar-refractivity contribution in [1.82, 2.24) is 0 Å². The molecule has 0 saturated heterocycles. The van der Waals surface area contributed by atoms with Crippen LogP contribution in [0.3, 0.4) is 0 Å². The van der Waals surface area contributed by atoms with E-state index in [9.17, 15) is 0 Å². The van der Waals surface area contributed by atoms with Crippen molar-refractivity contribution >= 4 is 34.0 Å². The lowest BCUT2D eigenvalue weighted by Gasteiger charge is -2.20. The summed E-state index contributed by atoms with van der Waals surface area (Å²) >= 11 is 2.39. The van der Waals surface area contributed by atoms with Crippen molar-refractivity contribution in [2.75, 3.05) is 38.0 Å². The molecule has 0 unspecified atom stereocenters. The number of anilines is 2. The number of rotatable bonds is 2. The van der Waals surface area contributed by atoms with E-state index in [1.807, 2.05) is 0 Å². The van der Waals surface area contributed by atoms with Crippen LogP contribution in [0.5, 0.6) is 0 Å². The number of benzene rings is 1. The molecule has 13 heavy (non-hydrogen) atoms. The second kappa shape index (κ2) is 4.17. The van der Waals surface area contributed by atoms with Crippen LogP contribution in [0.15, 0.2) is 18.2 Å². The Morgan fingerprint density at radius 2 is 1.31 bits per heavy atom. The van der Waals surface area contributed by atoms with Gasteiger partial charge in [-0.15, -0.1) is 0 Å². The zero-order valence-electron chi connectivity index (χ0n) is 8.50. The molecule has 0 fully saturated rings. The van der Waals surface area contributed by atoms with Gasteiger partial charge in [0.25, 0.3) is 0 Å². The van der Waals surface area contributed by atoms with Crippen LogP contribution in [0.25, 0.3) is 0 Å². The van der Waals surface area contributed by atoms with Crippen LogP contribution in [0.4, 0.5) is 11.4 Å². The minimum atomic E-state index is 1.27. The molecule has 0 amide bonds. The highest BCUT2D eigenvalue weighted by molar-refractivity contribution is 14.1. The first kappa shape index (κ1) is 10.6. The van der Waals surface area contributed by atoms with Gasteiger partial charge in [-0.1, -0.05) is 6.07 Å². The van der Waals surface area contributed by atoms with Gasteiger partial charge in [0.05, 0.1) is 14.9 Å². The topological polar surface area (TPSA) is 6.48 Å². The second-order valence-electron chi connectivity index (χ2n) is 3.40. The molecule has 2 nitrogen and oxygen atoms in total. The molecule has 0 heterocycles. The number of halogens is 1. The fourth-order valence-electron chi connectivity index (χ4n) is 1.20. The van der Waals surface area contributed by atoms with E-state index in [1.165, 1.54) is 14.9 Å². The van der Waals surface area contributed by atoms with Crippen LogP contribution < -0.4 is 9.80 Å². The van der Waals surface area contributed by atoms with E-state index in [2.05, 4.69) is 78.8 Å². The lowest BCUT2D eigenvalue weighted by molar-refractivity contribution is 1.09. The standard InChI is InChI=1S/C10H15IN2/c1-12(2)8-6-5-7-9(10(8)11)13(3)4/h5-7H,1-4H3. The van der Waals surface area contributed by atoms with Crippen LogP contribution in [0.1, 0.15) is 0 Å². The third-order valence-electron chi connectivity index (χ3n) is 1.92. The summed E-state index contributed by atoms with van der Waals surface area (Å²) in [7, 11) is 8.27. The van der Waals surface area contributed by atoms with Gasteiger partial charge in [0, 0.05) is 28.2 Å². The average Bonchev–Trinajstić information content (AvgIpc) is 2.03. The van der Waals surface area contributed by atoms with Gasteiger partial charge in [0.1, 0.15) is 0 Å². The third-order valence-corrected chi connectivity index (χ3v) is 3.03. The molecule has 0 atom stereocenters. The maximum Gasteiger partial charge on any atom is 0.0597 e. The molecule has 72 valence electrons. The molecular formula is C10H15IN2. The van der Waals surface area contributed by atoms with E-state index in [4.69, 9.17) is 0 Å². The van der Waals surface area contributed by atoms with Crippen LogP contribution >= 0.6 is 22.6 Å². The normalized spacial score (nSPS) is 9.92. The average molecular weight is 290 g/mol. The first-order valence-electron chi connectivity index (χ1n) is 4.17. The highest BCUT2D eigenvalue weighted by Crippen LogP contribution is 2.29. The van der Waals surface area contributed by atoms with Crippen LogP contribution in [0.2, 0.25) is 0 Å². The van der Waals surface area contributed by atoms with Gasteiger partial charge in [0.15, 0.2) is 0 Å². The maximum absolute atomic E-state index is 2.39. The molecule has 0 spiro atoms. The quantitative estimate of drug-likeness (QED) is 0.772. The van der Waals surface area contributed by atoms with Crippen molar-refractivity contribution in [3.8, 4) is 0 Å². The number of nitrogens with zero attached hydrogens (tertiary/aromatic N) is 2. The van der Waals surface area contributed by atoms with Crippen molar-refractivity contribution in [3.05, 3.63) is 21.8 Å². The van der Waals surface area contributed by atoms with Crippen molar-refractivity contribution < 1.29 is 0 Å². The highest BCUT2D eigenvalue weighted by Gasteiger charge is 2.07. The van der Waals surface area contributed by atoms with Crippen molar-refractivity contribution in [2.45, 2.75) is 0 Å². The minimum absolute atomic E-state index is 1.27. The Morgan fingerprint density at radius 3 is 1.62 bits per heavy atom. The molecule has 0 aliphatic heterocycles. The first-order valence-corrected chi connectivity index (χ1v) is 5.25. The molecule has 0 aliphatic carbocycles. The Balaban J connectivity index is 3.18. The summed E-state index contributed by atoms with van der Waals surface area (Å²) in [6, 6.07) is 6.36. The molecule has 1 aromatic carbocycles. The molecule has 1 aromatic rings. The Labute approximate surface area is 93.7 Å². The molecule has 0 bridgehead atoms. The maximum atomic E-state index is 2.39. The number of hydrogen-bond acceptors (Lipinski definition) is 2. The smallest absolute Gasteiger partial charge is 0.0597 e. The van der Waals surface area contributed by atoms with Gasteiger partial charge >= 0.3 is 0 Å². The second-order valence-corrected chi connectivity index (χ2v) is 4.48. The Hall–Kier alpha value is -0.450. The fourth-order valence-corrected chi connectivity index (χ4v) is 2.52. The summed E-state index contributed by atoms with van der Waals surface area (Å²) in [6.45, 7) is 0. The molecule has 0 aromatic heterocycles. The fraction of sp³-hybridized carbons (Fsp3) is 0.400. The Bertz CT molecular complexity index is 269. The van der Waals surface area contributed by atoms with E-state index in [0.717, 1.165) is 0 Å². The van der Waals surface area contributed by atoms with Crippen LogP contribution in [-0.2, 0) is 0 Å². The molecule has 0 aliphatic rings. The Morgan fingerprint density at radius 1 is 0.923 bits per heavy atom. The van der Waals surface area contributed by atoms with Gasteiger partial charge in [-0.25, -0.2) is 0 Å². The van der Waals surface area contributed by atoms with Crippen molar-refractivity contribution in [2.24, 2.45) is 0 Å². The molecule has 0 radical (unpaired) electrons. The molecule has 0 N–H and O–H groups in total. The van der Waals surface area contributed by atoms with E-state index >= 15 is 0 Å². The molecule has 3 heteroatoms. The highest BCUT2D eigenvalue weighted by atomic mass is 127. The zero-order chi connectivity index (χ0) is 10.0. The lowest BCUT2D eigenvalue weighted by atomic mass is 10.2. The Kier molecular flexibility index (Phi) is 3.41. The molecule has 1 rings (SSSR count). The summed E-state index contributed by atoms with van der Waals surface area (Å²) in [5.74, 6) is 0. The van der Waals surface area contributed by atoms with E-state index in [-0.39, 0.29) is 0 Å². The van der Waals surface area contributed by atoms with Gasteiger partial charge in [0.2, 0.25) is 0 Å². The van der Waals surface area contributed by atoms with E-state index in [0.29, 0.717) is 0 Å². The summed E-state index contributed by atoms with van der Waals surface area (Å²) < 4.78 is 1.30. The summed E-state index contributed by atoms with van der Waals surface area (Å²) in [6.07, 6.45) is 0. The van der Waals surface area contributed by atoms with E-state index in [1.54, 1.807) is 0 Å².